The first-order valence-corrected chi connectivity index (χ1v) is 9.10. The predicted octanol–water partition coefficient (Wildman–Crippen LogP) is 6.06. The molecule has 0 radical (unpaired) electrons. The summed E-state index contributed by atoms with van der Waals surface area (Å²) in [4.78, 5) is 16.9. The number of amides is 1. The van der Waals surface area contributed by atoms with Crippen LogP contribution < -0.4 is 10.1 Å². The number of carbonyl (C=O) groups excluding carboxylic acids is 1. The zero-order valence-electron chi connectivity index (χ0n) is 14.7. The van der Waals surface area contributed by atoms with Crippen LogP contribution in [0.4, 0.5) is 5.69 Å². The van der Waals surface area contributed by atoms with Gasteiger partial charge in [0.1, 0.15) is 11.3 Å². The van der Waals surface area contributed by atoms with Gasteiger partial charge in [-0.05, 0) is 48.5 Å². The number of methoxy groups -OCH3 is 1. The van der Waals surface area contributed by atoms with Crippen LogP contribution in [0, 0.1) is 0 Å². The first-order chi connectivity index (χ1) is 13.5. The van der Waals surface area contributed by atoms with Crippen molar-refractivity contribution < 1.29 is 13.9 Å². The molecule has 5 nitrogen and oxygen atoms in total. The molecule has 1 amide bonds. The maximum atomic E-state index is 12.4. The standard InChI is InChI=1S/C21H14Cl2N2O3/c1-27-15-4-2-3-13(9-15)21-25-18-8-6-14(11-19(18)28-21)24-20(26)12-5-7-16(22)17(23)10-12/h2-11H,1H3,(H,24,26). The molecule has 0 spiro atoms. The molecule has 7 heteroatoms. The van der Waals surface area contributed by atoms with Crippen molar-refractivity contribution in [3.63, 3.8) is 0 Å². The van der Waals surface area contributed by atoms with Crippen LogP contribution in [0.1, 0.15) is 10.4 Å². The molecule has 4 rings (SSSR count). The van der Waals surface area contributed by atoms with Crippen molar-refractivity contribution in [2.75, 3.05) is 12.4 Å². The summed E-state index contributed by atoms with van der Waals surface area (Å²) >= 11 is 11.9. The SMILES string of the molecule is COc1cccc(-c2nc3ccc(NC(=O)c4ccc(Cl)c(Cl)c4)cc3o2)c1. The summed E-state index contributed by atoms with van der Waals surface area (Å²) in [6.45, 7) is 0. The minimum Gasteiger partial charge on any atom is -0.497 e. The molecular formula is C21H14Cl2N2O3. The number of fused-ring (bicyclic) bond motifs is 1. The molecule has 0 unspecified atom stereocenters. The van der Waals surface area contributed by atoms with E-state index in [4.69, 9.17) is 32.4 Å². The van der Waals surface area contributed by atoms with Crippen LogP contribution in [0.2, 0.25) is 10.0 Å². The Morgan fingerprint density at radius 3 is 2.68 bits per heavy atom. The van der Waals surface area contributed by atoms with Crippen LogP contribution >= 0.6 is 23.2 Å². The average Bonchev–Trinajstić information content (AvgIpc) is 3.13. The Labute approximate surface area is 170 Å². The molecule has 0 fully saturated rings. The third-order valence-electron chi connectivity index (χ3n) is 4.14. The van der Waals surface area contributed by atoms with Gasteiger partial charge in [0.05, 0.1) is 17.2 Å². The van der Waals surface area contributed by atoms with Gasteiger partial charge in [-0.3, -0.25) is 4.79 Å². The summed E-state index contributed by atoms with van der Waals surface area (Å²) in [5.74, 6) is 0.890. The fourth-order valence-corrected chi connectivity index (χ4v) is 3.02. The molecule has 28 heavy (non-hydrogen) atoms. The van der Waals surface area contributed by atoms with Gasteiger partial charge < -0.3 is 14.5 Å². The quantitative estimate of drug-likeness (QED) is 0.442. The summed E-state index contributed by atoms with van der Waals surface area (Å²) in [5, 5.41) is 3.53. The molecule has 0 bridgehead atoms. The van der Waals surface area contributed by atoms with Crippen molar-refractivity contribution in [1.29, 1.82) is 0 Å². The number of rotatable bonds is 4. The van der Waals surface area contributed by atoms with Crippen molar-refractivity contribution >= 4 is 45.9 Å². The van der Waals surface area contributed by atoms with Gasteiger partial charge >= 0.3 is 0 Å². The number of halogens is 2. The highest BCUT2D eigenvalue weighted by Crippen LogP contribution is 2.29. The molecule has 4 aromatic rings. The van der Waals surface area contributed by atoms with Crippen molar-refractivity contribution in [2.45, 2.75) is 0 Å². The zero-order valence-corrected chi connectivity index (χ0v) is 16.2. The second-order valence-electron chi connectivity index (χ2n) is 6.02. The van der Waals surface area contributed by atoms with E-state index in [1.54, 1.807) is 37.4 Å². The predicted molar refractivity (Wildman–Crippen MR) is 110 cm³/mol. The topological polar surface area (TPSA) is 64.4 Å². The van der Waals surface area contributed by atoms with E-state index >= 15 is 0 Å². The molecule has 0 aliphatic carbocycles. The third-order valence-corrected chi connectivity index (χ3v) is 4.88. The van der Waals surface area contributed by atoms with Gasteiger partial charge in [-0.1, -0.05) is 29.3 Å². The van der Waals surface area contributed by atoms with Crippen molar-refractivity contribution in [1.82, 2.24) is 4.98 Å². The van der Waals surface area contributed by atoms with E-state index in [-0.39, 0.29) is 5.91 Å². The van der Waals surface area contributed by atoms with Crippen molar-refractivity contribution in [3.8, 4) is 17.2 Å². The highest BCUT2D eigenvalue weighted by molar-refractivity contribution is 6.42. The Hall–Kier alpha value is -3.02. The Kier molecular flexibility index (Phi) is 4.94. The third kappa shape index (κ3) is 3.67. The minimum atomic E-state index is -0.301. The lowest BCUT2D eigenvalue weighted by molar-refractivity contribution is 0.102. The number of hydrogen-bond donors (Lipinski definition) is 1. The fourth-order valence-electron chi connectivity index (χ4n) is 2.72. The summed E-state index contributed by atoms with van der Waals surface area (Å²) < 4.78 is 11.1. The first kappa shape index (κ1) is 18.3. The second-order valence-corrected chi connectivity index (χ2v) is 6.83. The molecule has 0 saturated heterocycles. The number of oxazole rings is 1. The maximum Gasteiger partial charge on any atom is 0.255 e. The lowest BCUT2D eigenvalue weighted by Gasteiger charge is -2.06. The number of ether oxygens (including phenoxy) is 1. The molecule has 0 aliphatic heterocycles. The number of benzene rings is 3. The average molecular weight is 413 g/mol. The number of carbonyl (C=O) groups is 1. The second kappa shape index (κ2) is 7.54. The first-order valence-electron chi connectivity index (χ1n) is 8.35. The lowest BCUT2D eigenvalue weighted by atomic mass is 10.2. The van der Waals surface area contributed by atoms with E-state index < -0.39 is 0 Å². The summed E-state index contributed by atoms with van der Waals surface area (Å²) in [6.07, 6.45) is 0. The molecule has 0 atom stereocenters. The zero-order chi connectivity index (χ0) is 19.7. The fraction of sp³-hybridized carbons (Fsp3) is 0.0476. The van der Waals surface area contributed by atoms with Crippen molar-refractivity contribution in [2.24, 2.45) is 0 Å². The van der Waals surface area contributed by atoms with Gasteiger partial charge in [0.25, 0.3) is 5.91 Å². The maximum absolute atomic E-state index is 12.4. The van der Waals surface area contributed by atoms with Crippen LogP contribution in [0.5, 0.6) is 5.75 Å². The highest BCUT2D eigenvalue weighted by Gasteiger charge is 2.12. The van der Waals surface area contributed by atoms with Crippen LogP contribution in [-0.4, -0.2) is 18.0 Å². The van der Waals surface area contributed by atoms with E-state index in [0.29, 0.717) is 44.0 Å². The molecule has 1 heterocycles. The van der Waals surface area contributed by atoms with Crippen LogP contribution in [0.15, 0.2) is 65.1 Å². The van der Waals surface area contributed by atoms with Crippen molar-refractivity contribution in [3.05, 3.63) is 76.3 Å². The molecule has 3 aromatic carbocycles. The van der Waals surface area contributed by atoms with Crippen LogP contribution in [0.3, 0.4) is 0 Å². The van der Waals surface area contributed by atoms with Gasteiger partial charge in [0.2, 0.25) is 5.89 Å². The highest BCUT2D eigenvalue weighted by atomic mass is 35.5. The van der Waals surface area contributed by atoms with E-state index in [9.17, 15) is 4.79 Å². The van der Waals surface area contributed by atoms with Gasteiger partial charge in [0.15, 0.2) is 5.58 Å². The summed E-state index contributed by atoms with van der Waals surface area (Å²) in [5.41, 5.74) is 3.04. The molecule has 0 aliphatic rings. The Balaban J connectivity index is 1.60. The molecular weight excluding hydrogens is 399 g/mol. The summed E-state index contributed by atoms with van der Waals surface area (Å²) in [6, 6.07) is 17.4. The number of hydrogen-bond acceptors (Lipinski definition) is 4. The molecule has 140 valence electrons. The number of anilines is 1. The van der Waals surface area contributed by atoms with Gasteiger partial charge in [-0.2, -0.15) is 0 Å². The van der Waals surface area contributed by atoms with E-state index in [2.05, 4.69) is 10.3 Å². The van der Waals surface area contributed by atoms with E-state index in [1.807, 2.05) is 24.3 Å². The number of nitrogens with one attached hydrogen (secondary N) is 1. The Morgan fingerprint density at radius 2 is 1.89 bits per heavy atom. The molecule has 0 saturated carbocycles. The van der Waals surface area contributed by atoms with E-state index in [1.165, 1.54) is 6.07 Å². The van der Waals surface area contributed by atoms with Gasteiger partial charge in [0, 0.05) is 22.9 Å². The smallest absolute Gasteiger partial charge is 0.255 e. The monoisotopic (exact) mass is 412 g/mol. The largest absolute Gasteiger partial charge is 0.497 e. The number of nitrogens with zero attached hydrogens (tertiary/aromatic N) is 1. The Bertz CT molecular complexity index is 1190. The number of aromatic nitrogens is 1. The normalized spacial score (nSPS) is 10.8. The Morgan fingerprint density at radius 1 is 1.04 bits per heavy atom. The van der Waals surface area contributed by atoms with Gasteiger partial charge in [-0.25, -0.2) is 4.98 Å². The lowest BCUT2D eigenvalue weighted by Crippen LogP contribution is -2.11. The van der Waals surface area contributed by atoms with Crippen LogP contribution in [-0.2, 0) is 0 Å². The molecule has 1 N–H and O–H groups in total. The van der Waals surface area contributed by atoms with E-state index in [0.717, 1.165) is 5.56 Å². The minimum absolute atomic E-state index is 0.301. The molecule has 1 aromatic heterocycles. The van der Waals surface area contributed by atoms with Gasteiger partial charge in [-0.15, -0.1) is 0 Å². The van der Waals surface area contributed by atoms with Crippen LogP contribution in [0.25, 0.3) is 22.6 Å². The summed E-state index contributed by atoms with van der Waals surface area (Å²) in [7, 11) is 1.61.